The third kappa shape index (κ3) is 4.32. The molecule has 0 atom stereocenters. The summed E-state index contributed by atoms with van der Waals surface area (Å²) in [5.74, 6) is -0.979. The number of esters is 1. The highest BCUT2D eigenvalue weighted by Gasteiger charge is 2.52. The van der Waals surface area contributed by atoms with Crippen molar-refractivity contribution in [3.63, 3.8) is 0 Å². The molecule has 0 aromatic heterocycles. The third-order valence-corrected chi connectivity index (χ3v) is 6.18. The highest BCUT2D eigenvalue weighted by atomic mass is 35.5. The Hall–Kier alpha value is -3.01. The second kappa shape index (κ2) is 8.85. The minimum atomic E-state index is -0.978. The van der Waals surface area contributed by atoms with Crippen molar-refractivity contribution in [1.82, 2.24) is 15.8 Å². The Balaban J connectivity index is 1.35. The van der Waals surface area contributed by atoms with Crippen molar-refractivity contribution in [2.24, 2.45) is 5.92 Å². The van der Waals surface area contributed by atoms with Gasteiger partial charge in [0.15, 0.2) is 18.1 Å². The molecule has 1 saturated carbocycles. The first-order chi connectivity index (χ1) is 15.3. The Bertz CT molecular complexity index is 959. The molecule has 2 N–H and O–H groups in total. The minimum absolute atomic E-state index is 0.0809. The second-order valence-electron chi connectivity index (χ2n) is 8.28. The van der Waals surface area contributed by atoms with Crippen LogP contribution in [0.2, 0.25) is 5.02 Å². The van der Waals surface area contributed by atoms with Crippen LogP contribution in [0.15, 0.2) is 12.1 Å². The molecule has 32 heavy (non-hydrogen) atoms. The van der Waals surface area contributed by atoms with Gasteiger partial charge in [-0.15, -0.1) is 0 Å². The van der Waals surface area contributed by atoms with Crippen LogP contribution in [-0.2, 0) is 14.3 Å². The smallest absolute Gasteiger partial charge is 0.344 e. The largest absolute Gasteiger partial charge is 0.489 e. The lowest BCUT2D eigenvalue weighted by atomic mass is 9.77. The minimum Gasteiger partial charge on any atom is -0.489 e. The molecule has 1 aromatic rings. The number of nitrogens with zero attached hydrogens (tertiary/aromatic N) is 1. The number of fused-ring (bicyclic) bond motifs is 1. The van der Waals surface area contributed by atoms with Crippen LogP contribution in [0.4, 0.5) is 4.79 Å². The summed E-state index contributed by atoms with van der Waals surface area (Å²) >= 11 is 6.17. The van der Waals surface area contributed by atoms with Crippen LogP contribution >= 0.6 is 11.6 Å². The first-order valence-corrected chi connectivity index (χ1v) is 10.9. The summed E-state index contributed by atoms with van der Waals surface area (Å²) in [5, 5.41) is 3.55. The predicted molar refractivity (Wildman–Crippen MR) is 111 cm³/mol. The molecule has 2 fully saturated rings. The lowest BCUT2D eigenvalue weighted by Gasteiger charge is -2.33. The van der Waals surface area contributed by atoms with Crippen molar-refractivity contribution < 1.29 is 33.4 Å². The third-order valence-electron chi connectivity index (χ3n) is 5.90. The normalized spacial score (nSPS) is 24.7. The molecule has 10 nitrogen and oxygen atoms in total. The number of rotatable bonds is 4. The van der Waals surface area contributed by atoms with Crippen LogP contribution in [0, 0.1) is 5.92 Å². The zero-order chi connectivity index (χ0) is 22.9. The van der Waals surface area contributed by atoms with E-state index in [4.69, 9.17) is 25.8 Å². The number of ether oxygens (including phenoxy) is 3. The summed E-state index contributed by atoms with van der Waals surface area (Å²) in [6.07, 6.45) is 3.33. The Labute approximate surface area is 189 Å². The quantitative estimate of drug-likeness (QED) is 0.516. The maximum atomic E-state index is 12.8. The lowest BCUT2D eigenvalue weighted by Crippen LogP contribution is -2.52. The van der Waals surface area contributed by atoms with Gasteiger partial charge in [-0.3, -0.25) is 15.0 Å². The van der Waals surface area contributed by atoms with Crippen molar-refractivity contribution in [1.29, 1.82) is 0 Å². The molecule has 1 aliphatic carbocycles. The van der Waals surface area contributed by atoms with Crippen LogP contribution in [0.25, 0.3) is 0 Å². The summed E-state index contributed by atoms with van der Waals surface area (Å²) in [7, 11) is 0. The maximum Gasteiger partial charge on any atom is 0.344 e. The van der Waals surface area contributed by atoms with E-state index in [0.29, 0.717) is 54.9 Å². The van der Waals surface area contributed by atoms with E-state index in [-0.39, 0.29) is 10.6 Å². The van der Waals surface area contributed by atoms with Crippen molar-refractivity contribution in [3.8, 4) is 11.5 Å². The van der Waals surface area contributed by atoms with Crippen molar-refractivity contribution in [3.05, 3.63) is 22.7 Å². The van der Waals surface area contributed by atoms with E-state index in [1.165, 1.54) is 12.1 Å². The van der Waals surface area contributed by atoms with Gasteiger partial charge in [-0.05, 0) is 43.7 Å². The average molecular weight is 466 g/mol. The highest BCUT2D eigenvalue weighted by molar-refractivity contribution is 6.32. The Morgan fingerprint density at radius 1 is 1.25 bits per heavy atom. The highest BCUT2D eigenvalue weighted by Crippen LogP contribution is 2.38. The van der Waals surface area contributed by atoms with Gasteiger partial charge in [0, 0.05) is 6.42 Å². The molecule has 0 radical (unpaired) electrons. The monoisotopic (exact) mass is 465 g/mol. The Morgan fingerprint density at radius 3 is 2.72 bits per heavy atom. The van der Waals surface area contributed by atoms with E-state index >= 15 is 0 Å². The van der Waals surface area contributed by atoms with Gasteiger partial charge in [0.1, 0.15) is 5.54 Å². The van der Waals surface area contributed by atoms with Crippen LogP contribution in [-0.4, -0.2) is 54.2 Å². The van der Waals surface area contributed by atoms with Gasteiger partial charge < -0.3 is 19.5 Å². The first kappa shape index (κ1) is 22.2. The molecule has 3 aliphatic rings. The molecular formula is C21H24ClN3O7. The van der Waals surface area contributed by atoms with Gasteiger partial charge in [-0.25, -0.2) is 9.59 Å². The fraction of sp³-hybridized carbons (Fsp3) is 0.524. The topological polar surface area (TPSA) is 123 Å². The van der Waals surface area contributed by atoms with Crippen LogP contribution in [0.3, 0.4) is 0 Å². The number of imide groups is 1. The number of hydrogen-bond acceptors (Lipinski definition) is 7. The van der Waals surface area contributed by atoms with E-state index in [2.05, 4.69) is 17.7 Å². The molecule has 11 heteroatoms. The number of carbonyl (C=O) groups is 4. The molecule has 1 spiro atoms. The fourth-order valence-electron chi connectivity index (χ4n) is 4.04. The van der Waals surface area contributed by atoms with Gasteiger partial charge in [0.25, 0.3) is 11.8 Å². The molecule has 0 unspecified atom stereocenters. The molecule has 4 amide bonds. The predicted octanol–water partition coefficient (Wildman–Crippen LogP) is 2.19. The average Bonchev–Trinajstić information content (AvgIpc) is 2.93. The first-order valence-electron chi connectivity index (χ1n) is 10.5. The number of hydrazine groups is 1. The van der Waals surface area contributed by atoms with Gasteiger partial charge in [0.05, 0.1) is 23.8 Å². The Morgan fingerprint density at radius 2 is 1.97 bits per heavy atom. The number of hydrogen-bond donors (Lipinski definition) is 2. The summed E-state index contributed by atoms with van der Waals surface area (Å²) in [6.45, 7) is 2.26. The second-order valence-corrected chi connectivity index (χ2v) is 8.69. The molecular weight excluding hydrogens is 442 g/mol. The van der Waals surface area contributed by atoms with Crippen LogP contribution < -0.4 is 20.2 Å². The van der Waals surface area contributed by atoms with E-state index in [1.54, 1.807) is 0 Å². The summed E-state index contributed by atoms with van der Waals surface area (Å²) in [6, 6.07) is 2.09. The number of benzene rings is 1. The van der Waals surface area contributed by atoms with Crippen LogP contribution in [0.5, 0.6) is 11.5 Å². The molecule has 1 saturated heterocycles. The molecule has 4 rings (SSSR count). The molecule has 2 heterocycles. The molecule has 172 valence electrons. The number of halogens is 1. The summed E-state index contributed by atoms with van der Waals surface area (Å²) in [4.78, 5) is 49.7. The van der Waals surface area contributed by atoms with E-state index in [1.807, 2.05) is 0 Å². The van der Waals surface area contributed by atoms with Gasteiger partial charge >= 0.3 is 12.0 Å². The number of amides is 4. The van der Waals surface area contributed by atoms with E-state index in [0.717, 1.165) is 12.8 Å². The van der Waals surface area contributed by atoms with Crippen molar-refractivity contribution in [2.75, 3.05) is 19.8 Å². The van der Waals surface area contributed by atoms with Crippen molar-refractivity contribution >= 4 is 35.4 Å². The lowest BCUT2D eigenvalue weighted by molar-refractivity contribution is -0.141. The molecule has 0 bridgehead atoms. The van der Waals surface area contributed by atoms with E-state index in [9.17, 15) is 19.2 Å². The van der Waals surface area contributed by atoms with E-state index < -0.39 is 36.0 Å². The standard InChI is InChI=1S/C21H24ClN3O7/c1-12-3-5-21(6-4-12)19(28)25(20(29)23-21)24-16(26)11-32-18(27)13-9-14(22)17-15(10-13)30-7-2-8-31-17/h9-10,12H,2-8,11H2,1H3,(H,23,29)(H,24,26). The molecule has 2 aliphatic heterocycles. The van der Waals surface area contributed by atoms with Gasteiger partial charge in [0.2, 0.25) is 0 Å². The zero-order valence-corrected chi connectivity index (χ0v) is 18.3. The SMILES string of the molecule is CC1CCC2(CC1)NC(=O)N(NC(=O)COC(=O)c1cc(Cl)c3c(c1)OCCCO3)C2=O. The van der Waals surface area contributed by atoms with Gasteiger partial charge in [-0.2, -0.15) is 5.01 Å². The van der Waals surface area contributed by atoms with Crippen molar-refractivity contribution in [2.45, 2.75) is 44.6 Å². The van der Waals surface area contributed by atoms with Gasteiger partial charge in [-0.1, -0.05) is 18.5 Å². The molecule has 1 aromatic carbocycles. The summed E-state index contributed by atoms with van der Waals surface area (Å²) in [5.41, 5.74) is 1.33. The zero-order valence-electron chi connectivity index (χ0n) is 17.6. The summed E-state index contributed by atoms with van der Waals surface area (Å²) < 4.78 is 16.1. The maximum absolute atomic E-state index is 12.8. The fourth-order valence-corrected chi connectivity index (χ4v) is 4.30. The number of urea groups is 1. The Kier molecular flexibility index (Phi) is 6.14. The number of carbonyl (C=O) groups excluding carboxylic acids is 4. The number of nitrogens with one attached hydrogen (secondary N) is 2. The van der Waals surface area contributed by atoms with Crippen LogP contribution in [0.1, 0.15) is 49.4 Å².